The number of hydrogen-bond acceptors (Lipinski definition) is 3. The molecule has 1 atom stereocenters. The summed E-state index contributed by atoms with van der Waals surface area (Å²) < 4.78 is 23.2. The molecule has 0 fully saturated rings. The Kier molecular flexibility index (Phi) is 4.90. The molecule has 100 valence electrons. The van der Waals surface area contributed by atoms with Crippen LogP contribution in [0.25, 0.3) is 0 Å². The van der Waals surface area contributed by atoms with Crippen LogP contribution >= 0.6 is 0 Å². The molecule has 0 aliphatic carbocycles. The van der Waals surface area contributed by atoms with Crippen LogP contribution in [-0.2, 0) is 14.6 Å². The predicted octanol–water partition coefficient (Wildman–Crippen LogP) is 2.46. The molecule has 1 rings (SSSR count). The van der Waals surface area contributed by atoms with E-state index in [1.54, 1.807) is 19.1 Å². The molecular formula is C13H19NO3S. The molecule has 0 saturated carbocycles. The molecule has 1 aromatic rings. The third-order valence-corrected chi connectivity index (χ3v) is 4.67. The van der Waals surface area contributed by atoms with Crippen LogP contribution in [0.4, 0.5) is 5.69 Å². The number of sulfone groups is 1. The number of hydrogen-bond donors (Lipinski definition) is 1. The fraction of sp³-hybridized carbons (Fsp3) is 0.462. The molecule has 0 unspecified atom stereocenters. The predicted molar refractivity (Wildman–Crippen MR) is 72.3 cm³/mol. The second-order valence-electron chi connectivity index (χ2n) is 4.23. The minimum absolute atomic E-state index is 0.0518. The van der Waals surface area contributed by atoms with Crippen LogP contribution in [-0.4, -0.2) is 20.1 Å². The summed E-state index contributed by atoms with van der Waals surface area (Å²) in [6.07, 6.45) is 0.772. The quantitative estimate of drug-likeness (QED) is 0.893. The number of nitrogens with one attached hydrogen (secondary N) is 1. The SMILES string of the molecule is CC[C@H](C)C(=O)Nc1ccc(S(=O)(=O)CC)cc1. The fourth-order valence-corrected chi connectivity index (χ4v) is 2.25. The van der Waals surface area contributed by atoms with Gasteiger partial charge in [-0.3, -0.25) is 4.79 Å². The van der Waals surface area contributed by atoms with E-state index in [4.69, 9.17) is 0 Å². The van der Waals surface area contributed by atoms with E-state index in [2.05, 4.69) is 5.32 Å². The Morgan fingerprint density at radius 3 is 2.22 bits per heavy atom. The molecule has 1 aromatic carbocycles. The molecule has 0 aliphatic heterocycles. The highest BCUT2D eigenvalue weighted by Gasteiger charge is 2.13. The zero-order valence-corrected chi connectivity index (χ0v) is 11.8. The second-order valence-corrected chi connectivity index (χ2v) is 6.50. The van der Waals surface area contributed by atoms with Gasteiger partial charge in [-0.1, -0.05) is 20.8 Å². The van der Waals surface area contributed by atoms with Gasteiger partial charge in [0.1, 0.15) is 0 Å². The van der Waals surface area contributed by atoms with Crippen LogP contribution in [0.2, 0.25) is 0 Å². The fourth-order valence-electron chi connectivity index (χ4n) is 1.36. The topological polar surface area (TPSA) is 63.2 Å². The molecule has 4 nitrogen and oxygen atoms in total. The maximum absolute atomic E-state index is 11.7. The van der Waals surface area contributed by atoms with Gasteiger partial charge in [0.15, 0.2) is 9.84 Å². The van der Waals surface area contributed by atoms with Crippen LogP contribution in [0.15, 0.2) is 29.2 Å². The Bertz CT molecular complexity index is 506. The molecule has 0 bridgehead atoms. The van der Waals surface area contributed by atoms with Crippen molar-refractivity contribution in [1.82, 2.24) is 0 Å². The average molecular weight is 269 g/mol. The van der Waals surface area contributed by atoms with Gasteiger partial charge in [0.25, 0.3) is 0 Å². The zero-order valence-electron chi connectivity index (χ0n) is 10.9. The molecule has 0 heterocycles. The second kappa shape index (κ2) is 6.00. The summed E-state index contributed by atoms with van der Waals surface area (Å²) in [7, 11) is -3.18. The normalized spacial score (nSPS) is 13.1. The van der Waals surface area contributed by atoms with Crippen LogP contribution in [0.5, 0.6) is 0 Å². The maximum Gasteiger partial charge on any atom is 0.227 e. The van der Waals surface area contributed by atoms with Crippen LogP contribution in [0.3, 0.4) is 0 Å². The van der Waals surface area contributed by atoms with Gasteiger partial charge in [0.2, 0.25) is 5.91 Å². The summed E-state index contributed by atoms with van der Waals surface area (Å²) in [5, 5.41) is 2.76. The third kappa shape index (κ3) is 3.57. The van der Waals surface area contributed by atoms with Crippen molar-refractivity contribution in [3.8, 4) is 0 Å². The maximum atomic E-state index is 11.7. The van der Waals surface area contributed by atoms with Crippen LogP contribution < -0.4 is 5.32 Å². The standard InChI is InChI=1S/C13H19NO3S/c1-4-10(3)13(15)14-11-6-8-12(9-7-11)18(16,17)5-2/h6-10H,4-5H2,1-3H3,(H,14,15)/t10-/m0/s1. The van der Waals surface area contributed by atoms with Crippen molar-refractivity contribution in [3.05, 3.63) is 24.3 Å². The van der Waals surface area contributed by atoms with Crippen LogP contribution in [0, 0.1) is 5.92 Å². The Balaban J connectivity index is 2.82. The zero-order chi connectivity index (χ0) is 13.8. The van der Waals surface area contributed by atoms with E-state index in [0.29, 0.717) is 5.69 Å². The molecule has 1 N–H and O–H groups in total. The average Bonchev–Trinajstić information content (AvgIpc) is 2.38. The number of anilines is 1. The van der Waals surface area contributed by atoms with Gasteiger partial charge < -0.3 is 5.32 Å². The molecule has 5 heteroatoms. The molecule has 0 radical (unpaired) electrons. The van der Waals surface area contributed by atoms with Gasteiger partial charge in [0.05, 0.1) is 10.6 Å². The van der Waals surface area contributed by atoms with Gasteiger partial charge in [-0.25, -0.2) is 8.42 Å². The molecule has 18 heavy (non-hydrogen) atoms. The van der Waals surface area contributed by atoms with Crippen molar-refractivity contribution in [1.29, 1.82) is 0 Å². The number of rotatable bonds is 5. The van der Waals surface area contributed by atoms with Crippen molar-refractivity contribution in [2.24, 2.45) is 5.92 Å². The highest BCUT2D eigenvalue weighted by molar-refractivity contribution is 7.91. The summed E-state index contributed by atoms with van der Waals surface area (Å²) in [6, 6.07) is 6.27. The van der Waals surface area contributed by atoms with Gasteiger partial charge >= 0.3 is 0 Å². The smallest absolute Gasteiger partial charge is 0.227 e. The molecule has 0 saturated heterocycles. The Labute approximate surface area is 108 Å². The largest absolute Gasteiger partial charge is 0.326 e. The number of carbonyl (C=O) groups is 1. The van der Waals surface area contributed by atoms with E-state index in [-0.39, 0.29) is 22.5 Å². The lowest BCUT2D eigenvalue weighted by Crippen LogP contribution is -2.19. The van der Waals surface area contributed by atoms with Gasteiger partial charge in [0, 0.05) is 11.6 Å². The lowest BCUT2D eigenvalue weighted by atomic mass is 10.1. The Morgan fingerprint density at radius 2 is 1.78 bits per heavy atom. The summed E-state index contributed by atoms with van der Waals surface area (Å²) in [5.74, 6) is -0.0291. The van der Waals surface area contributed by atoms with E-state index < -0.39 is 9.84 Å². The highest BCUT2D eigenvalue weighted by Crippen LogP contribution is 2.16. The monoisotopic (exact) mass is 269 g/mol. The summed E-state index contributed by atoms with van der Waals surface area (Å²) >= 11 is 0. The summed E-state index contributed by atoms with van der Waals surface area (Å²) in [4.78, 5) is 11.9. The van der Waals surface area contributed by atoms with Gasteiger partial charge in [-0.15, -0.1) is 0 Å². The minimum Gasteiger partial charge on any atom is -0.326 e. The first-order valence-corrected chi connectivity index (χ1v) is 7.69. The number of amides is 1. The molecule has 0 aromatic heterocycles. The van der Waals surface area contributed by atoms with Crippen LogP contribution in [0.1, 0.15) is 27.2 Å². The minimum atomic E-state index is -3.18. The first kappa shape index (κ1) is 14.7. The van der Waals surface area contributed by atoms with E-state index >= 15 is 0 Å². The summed E-state index contributed by atoms with van der Waals surface area (Å²) in [6.45, 7) is 5.40. The van der Waals surface area contributed by atoms with Gasteiger partial charge in [-0.2, -0.15) is 0 Å². The highest BCUT2D eigenvalue weighted by atomic mass is 32.2. The lowest BCUT2D eigenvalue weighted by Gasteiger charge is -2.10. The Morgan fingerprint density at radius 1 is 1.22 bits per heavy atom. The Hall–Kier alpha value is -1.36. The molecule has 0 spiro atoms. The van der Waals surface area contributed by atoms with E-state index in [1.165, 1.54) is 12.1 Å². The van der Waals surface area contributed by atoms with Gasteiger partial charge in [-0.05, 0) is 30.7 Å². The van der Waals surface area contributed by atoms with Crippen molar-refractivity contribution in [3.63, 3.8) is 0 Å². The molecular weight excluding hydrogens is 250 g/mol. The number of carbonyl (C=O) groups excluding carboxylic acids is 1. The van der Waals surface area contributed by atoms with Crippen molar-refractivity contribution < 1.29 is 13.2 Å². The van der Waals surface area contributed by atoms with Crippen molar-refractivity contribution in [2.45, 2.75) is 32.1 Å². The van der Waals surface area contributed by atoms with Crippen molar-refractivity contribution in [2.75, 3.05) is 11.1 Å². The van der Waals surface area contributed by atoms with Crippen molar-refractivity contribution >= 4 is 21.4 Å². The van der Waals surface area contributed by atoms with E-state index in [0.717, 1.165) is 6.42 Å². The number of benzene rings is 1. The summed E-state index contributed by atoms with van der Waals surface area (Å²) in [5.41, 5.74) is 0.621. The first-order valence-electron chi connectivity index (χ1n) is 6.04. The third-order valence-electron chi connectivity index (χ3n) is 2.92. The first-order chi connectivity index (χ1) is 8.40. The molecule has 0 aliphatic rings. The van der Waals surface area contributed by atoms with E-state index in [9.17, 15) is 13.2 Å². The van der Waals surface area contributed by atoms with E-state index in [1.807, 2.05) is 13.8 Å². The molecule has 1 amide bonds. The lowest BCUT2D eigenvalue weighted by molar-refractivity contribution is -0.119.